The molecule has 2 aliphatic heterocycles. The summed E-state index contributed by atoms with van der Waals surface area (Å²) < 4.78 is 17.0. The zero-order valence-electron chi connectivity index (χ0n) is 18.5. The van der Waals surface area contributed by atoms with E-state index in [1.165, 1.54) is 39.2 Å². The Labute approximate surface area is 187 Å². The maximum Gasteiger partial charge on any atom is 0.337 e. The molecule has 5 rings (SSSR count). The molecule has 0 bridgehead atoms. The number of methoxy groups -OCH3 is 1. The minimum atomic E-state index is -0.394. The number of allylic oxidation sites excluding steroid dienone is 1. The molecular weight excluding hydrogens is 406 g/mol. The smallest absolute Gasteiger partial charge is 0.337 e. The first-order valence-corrected chi connectivity index (χ1v) is 11.2. The fourth-order valence-electron chi connectivity index (χ4n) is 4.91. The summed E-state index contributed by atoms with van der Waals surface area (Å²) in [5, 5.41) is 0. The van der Waals surface area contributed by atoms with Crippen LogP contribution in [0.15, 0.2) is 36.1 Å². The molecule has 0 aromatic heterocycles. The van der Waals surface area contributed by atoms with Crippen LogP contribution in [0, 0.1) is 6.92 Å². The number of aryl methyl sites for hydroxylation is 1. The third kappa shape index (κ3) is 3.69. The largest absolute Gasteiger partial charge is 0.478 e. The van der Waals surface area contributed by atoms with Crippen LogP contribution >= 0.6 is 0 Å². The highest BCUT2D eigenvalue weighted by Gasteiger charge is 2.36. The summed E-state index contributed by atoms with van der Waals surface area (Å²) in [6.45, 7) is 3.24. The van der Waals surface area contributed by atoms with Gasteiger partial charge in [0.05, 0.1) is 23.8 Å². The maximum atomic E-state index is 13.2. The van der Waals surface area contributed by atoms with Gasteiger partial charge in [0.1, 0.15) is 18.2 Å². The van der Waals surface area contributed by atoms with Gasteiger partial charge in [-0.05, 0) is 55.2 Å². The molecule has 2 heterocycles. The lowest BCUT2D eigenvalue weighted by Gasteiger charge is -2.37. The SMILES string of the molecule is COC(=O)c1ccc(/C=C2\Oc3c4c(cc(C)c3C2=O)OCN(C2CCCCC2)C4)cc1. The summed E-state index contributed by atoms with van der Waals surface area (Å²) in [5.74, 6) is 1.21. The molecule has 0 atom stereocenters. The van der Waals surface area contributed by atoms with E-state index in [0.29, 0.717) is 29.6 Å². The second kappa shape index (κ2) is 8.43. The summed E-state index contributed by atoms with van der Waals surface area (Å²) in [5.41, 5.74) is 3.68. The molecule has 0 radical (unpaired) electrons. The fraction of sp³-hybridized carbons (Fsp3) is 0.385. The zero-order chi connectivity index (χ0) is 22.2. The van der Waals surface area contributed by atoms with Crippen LogP contribution in [0.5, 0.6) is 11.5 Å². The van der Waals surface area contributed by atoms with Crippen molar-refractivity contribution in [2.75, 3.05) is 13.8 Å². The average Bonchev–Trinajstić information content (AvgIpc) is 3.16. The summed E-state index contributed by atoms with van der Waals surface area (Å²) in [4.78, 5) is 27.2. The van der Waals surface area contributed by atoms with E-state index in [1.54, 1.807) is 30.3 Å². The van der Waals surface area contributed by atoms with Crippen LogP contribution in [0.1, 0.15) is 69.5 Å². The predicted octanol–water partition coefficient (Wildman–Crippen LogP) is 4.88. The topological polar surface area (TPSA) is 65.1 Å². The zero-order valence-corrected chi connectivity index (χ0v) is 18.5. The van der Waals surface area contributed by atoms with Crippen LogP contribution in [0.2, 0.25) is 0 Å². The molecule has 0 N–H and O–H groups in total. The van der Waals surface area contributed by atoms with Crippen molar-refractivity contribution >= 4 is 17.8 Å². The van der Waals surface area contributed by atoms with Gasteiger partial charge in [0, 0.05) is 12.6 Å². The molecule has 1 saturated carbocycles. The third-order valence-electron chi connectivity index (χ3n) is 6.67. The van der Waals surface area contributed by atoms with E-state index >= 15 is 0 Å². The maximum absolute atomic E-state index is 13.2. The lowest BCUT2D eigenvalue weighted by Crippen LogP contribution is -2.41. The third-order valence-corrected chi connectivity index (χ3v) is 6.67. The minimum Gasteiger partial charge on any atom is -0.478 e. The average molecular weight is 434 g/mol. The van der Waals surface area contributed by atoms with E-state index in [-0.39, 0.29) is 11.5 Å². The second-order valence-electron chi connectivity index (χ2n) is 8.74. The molecule has 0 saturated heterocycles. The number of ether oxygens (including phenoxy) is 3. The molecule has 1 fully saturated rings. The molecule has 0 unspecified atom stereocenters. The number of benzene rings is 2. The van der Waals surface area contributed by atoms with Gasteiger partial charge in [-0.25, -0.2) is 4.79 Å². The molecule has 32 heavy (non-hydrogen) atoms. The molecule has 166 valence electrons. The highest BCUT2D eigenvalue weighted by Crippen LogP contribution is 2.44. The van der Waals surface area contributed by atoms with Gasteiger partial charge in [-0.1, -0.05) is 31.4 Å². The number of ketones is 1. The Morgan fingerprint density at radius 3 is 2.62 bits per heavy atom. The van der Waals surface area contributed by atoms with Crippen molar-refractivity contribution in [3.63, 3.8) is 0 Å². The van der Waals surface area contributed by atoms with Crippen molar-refractivity contribution in [3.8, 4) is 11.5 Å². The first-order chi connectivity index (χ1) is 15.5. The molecule has 3 aliphatic rings. The normalized spacial score (nSPS) is 19.8. The number of nitrogens with zero attached hydrogens (tertiary/aromatic N) is 1. The van der Waals surface area contributed by atoms with Crippen LogP contribution in [0.4, 0.5) is 0 Å². The highest BCUT2D eigenvalue weighted by molar-refractivity contribution is 6.16. The number of Topliss-reactive ketones (excluding diaryl/α,β-unsaturated/α-hetero) is 1. The van der Waals surface area contributed by atoms with E-state index in [0.717, 1.165) is 29.0 Å². The Morgan fingerprint density at radius 2 is 1.91 bits per heavy atom. The molecule has 2 aromatic carbocycles. The molecule has 2 aromatic rings. The van der Waals surface area contributed by atoms with Gasteiger partial charge in [-0.15, -0.1) is 0 Å². The summed E-state index contributed by atoms with van der Waals surface area (Å²) in [6, 6.07) is 9.38. The Kier molecular flexibility index (Phi) is 5.47. The van der Waals surface area contributed by atoms with E-state index < -0.39 is 5.97 Å². The van der Waals surface area contributed by atoms with Gasteiger partial charge >= 0.3 is 5.97 Å². The van der Waals surface area contributed by atoms with Crippen LogP contribution < -0.4 is 9.47 Å². The Morgan fingerprint density at radius 1 is 1.16 bits per heavy atom. The van der Waals surface area contributed by atoms with E-state index in [4.69, 9.17) is 14.2 Å². The van der Waals surface area contributed by atoms with Gasteiger partial charge in [-0.2, -0.15) is 0 Å². The van der Waals surface area contributed by atoms with Crippen molar-refractivity contribution in [2.45, 2.75) is 51.6 Å². The van der Waals surface area contributed by atoms with Gasteiger partial charge in [0.15, 0.2) is 5.76 Å². The number of esters is 1. The number of rotatable bonds is 3. The van der Waals surface area contributed by atoms with Crippen molar-refractivity contribution in [2.24, 2.45) is 0 Å². The van der Waals surface area contributed by atoms with Crippen molar-refractivity contribution in [1.29, 1.82) is 0 Å². The van der Waals surface area contributed by atoms with Crippen LogP contribution in [-0.4, -0.2) is 36.5 Å². The van der Waals surface area contributed by atoms with Gasteiger partial charge in [0.2, 0.25) is 5.78 Å². The quantitative estimate of drug-likeness (QED) is 0.508. The minimum absolute atomic E-state index is 0.118. The van der Waals surface area contributed by atoms with Crippen LogP contribution in [0.25, 0.3) is 6.08 Å². The van der Waals surface area contributed by atoms with Gasteiger partial charge in [0.25, 0.3) is 0 Å². The summed E-state index contributed by atoms with van der Waals surface area (Å²) in [6.07, 6.45) is 7.94. The van der Waals surface area contributed by atoms with Crippen molar-refractivity contribution < 1.29 is 23.8 Å². The van der Waals surface area contributed by atoms with Crippen molar-refractivity contribution in [3.05, 3.63) is 63.9 Å². The number of hydrogen-bond donors (Lipinski definition) is 0. The van der Waals surface area contributed by atoms with Crippen molar-refractivity contribution in [1.82, 2.24) is 4.90 Å². The molecule has 6 heteroatoms. The molecular formula is C26H27NO5. The Hall–Kier alpha value is -3.12. The van der Waals surface area contributed by atoms with Gasteiger partial charge < -0.3 is 14.2 Å². The predicted molar refractivity (Wildman–Crippen MR) is 120 cm³/mol. The van der Waals surface area contributed by atoms with Gasteiger partial charge in [-0.3, -0.25) is 9.69 Å². The lowest BCUT2D eigenvalue weighted by molar-refractivity contribution is 0.0393. The summed E-state index contributed by atoms with van der Waals surface area (Å²) >= 11 is 0. The molecule has 6 nitrogen and oxygen atoms in total. The molecule has 0 amide bonds. The molecule has 0 spiro atoms. The first kappa shape index (κ1) is 20.8. The van der Waals surface area contributed by atoms with Crippen LogP contribution in [-0.2, 0) is 11.3 Å². The fourth-order valence-corrected chi connectivity index (χ4v) is 4.91. The Bertz CT molecular complexity index is 1100. The number of hydrogen-bond acceptors (Lipinski definition) is 6. The summed E-state index contributed by atoms with van der Waals surface area (Å²) in [7, 11) is 1.35. The number of carbonyl (C=O) groups is 2. The number of fused-ring (bicyclic) bond motifs is 3. The highest BCUT2D eigenvalue weighted by atomic mass is 16.5. The molecule has 1 aliphatic carbocycles. The van der Waals surface area contributed by atoms with E-state index in [9.17, 15) is 9.59 Å². The van der Waals surface area contributed by atoms with E-state index in [1.807, 2.05) is 13.0 Å². The number of carbonyl (C=O) groups excluding carboxylic acids is 2. The second-order valence-corrected chi connectivity index (χ2v) is 8.74. The monoisotopic (exact) mass is 433 g/mol. The first-order valence-electron chi connectivity index (χ1n) is 11.2. The van der Waals surface area contributed by atoms with Crippen LogP contribution in [0.3, 0.4) is 0 Å². The lowest BCUT2D eigenvalue weighted by atomic mass is 9.93. The standard InChI is InChI=1S/C26H27NO5/c1-16-12-21-20(14-27(15-31-21)19-6-4-3-5-7-19)25-23(16)24(28)22(32-25)13-17-8-10-18(11-9-17)26(29)30-2/h8-13,19H,3-7,14-15H2,1-2H3/b22-13-. The Balaban J connectivity index is 1.44. The van der Waals surface area contributed by atoms with E-state index in [2.05, 4.69) is 4.90 Å².